The molecule has 100 valence electrons. The quantitative estimate of drug-likeness (QED) is 0.756. The summed E-state index contributed by atoms with van der Waals surface area (Å²) in [5.41, 5.74) is 0.868. The maximum Gasteiger partial charge on any atom is 0.127 e. The van der Waals surface area contributed by atoms with Gasteiger partial charge in [0, 0.05) is 4.88 Å². The Morgan fingerprint density at radius 3 is 2.15 bits per heavy atom. The van der Waals surface area contributed by atoms with Crippen molar-refractivity contribution in [3.05, 3.63) is 82.6 Å². The predicted octanol–water partition coefficient (Wildman–Crippen LogP) is 4.62. The van der Waals surface area contributed by atoms with Crippen LogP contribution in [0.15, 0.2) is 72.1 Å². The van der Waals surface area contributed by atoms with Gasteiger partial charge in [0.2, 0.25) is 0 Å². The van der Waals surface area contributed by atoms with E-state index in [0.717, 1.165) is 21.9 Å². The largest absolute Gasteiger partial charge is 0.457 e. The number of thiophene rings is 1. The van der Waals surface area contributed by atoms with Crippen LogP contribution in [-0.2, 0) is 0 Å². The molecule has 0 saturated carbocycles. The van der Waals surface area contributed by atoms with Gasteiger partial charge in [-0.15, -0.1) is 11.3 Å². The van der Waals surface area contributed by atoms with Crippen LogP contribution in [0.1, 0.15) is 16.5 Å². The first kappa shape index (κ1) is 12.9. The Bertz CT molecular complexity index is 645. The SMILES string of the molecule is OC(c1ccc(Oc2ccccc2)cc1)c1cccs1. The highest BCUT2D eigenvalue weighted by Gasteiger charge is 2.11. The molecule has 2 nitrogen and oxygen atoms in total. The molecule has 3 heteroatoms. The molecule has 0 fully saturated rings. The molecule has 1 unspecified atom stereocenters. The smallest absolute Gasteiger partial charge is 0.127 e. The van der Waals surface area contributed by atoms with Gasteiger partial charge < -0.3 is 9.84 Å². The second-order valence-corrected chi connectivity index (χ2v) is 5.38. The van der Waals surface area contributed by atoms with Crippen LogP contribution in [0.2, 0.25) is 0 Å². The van der Waals surface area contributed by atoms with Gasteiger partial charge in [-0.3, -0.25) is 0 Å². The molecule has 20 heavy (non-hydrogen) atoms. The van der Waals surface area contributed by atoms with Crippen molar-refractivity contribution in [1.82, 2.24) is 0 Å². The van der Waals surface area contributed by atoms with E-state index in [9.17, 15) is 5.11 Å². The molecule has 2 aromatic carbocycles. The zero-order chi connectivity index (χ0) is 13.8. The first-order chi connectivity index (χ1) is 9.83. The normalized spacial score (nSPS) is 12.1. The fraction of sp³-hybridized carbons (Fsp3) is 0.0588. The van der Waals surface area contributed by atoms with Gasteiger partial charge in [-0.05, 0) is 41.3 Å². The molecule has 1 N–H and O–H groups in total. The van der Waals surface area contributed by atoms with Crippen LogP contribution in [0.25, 0.3) is 0 Å². The summed E-state index contributed by atoms with van der Waals surface area (Å²) in [5.74, 6) is 1.57. The van der Waals surface area contributed by atoms with E-state index in [1.165, 1.54) is 0 Å². The van der Waals surface area contributed by atoms with Crippen LogP contribution in [0.4, 0.5) is 0 Å². The number of hydrogen-bond donors (Lipinski definition) is 1. The molecule has 0 aliphatic carbocycles. The Labute approximate surface area is 121 Å². The van der Waals surface area contributed by atoms with Gasteiger partial charge in [-0.2, -0.15) is 0 Å². The Balaban J connectivity index is 1.75. The van der Waals surface area contributed by atoms with Crippen LogP contribution < -0.4 is 4.74 Å². The molecule has 0 spiro atoms. The minimum atomic E-state index is -0.569. The predicted molar refractivity (Wildman–Crippen MR) is 81.3 cm³/mol. The molecular formula is C17H14O2S. The van der Waals surface area contributed by atoms with E-state index >= 15 is 0 Å². The average molecular weight is 282 g/mol. The van der Waals surface area contributed by atoms with Crippen LogP contribution in [0, 0.1) is 0 Å². The first-order valence-corrected chi connectivity index (χ1v) is 7.25. The van der Waals surface area contributed by atoms with E-state index in [1.54, 1.807) is 11.3 Å². The summed E-state index contributed by atoms with van der Waals surface area (Å²) in [5, 5.41) is 12.2. The van der Waals surface area contributed by atoms with Crippen LogP contribution >= 0.6 is 11.3 Å². The Kier molecular flexibility index (Phi) is 3.81. The van der Waals surface area contributed by atoms with Gasteiger partial charge in [-0.1, -0.05) is 36.4 Å². The summed E-state index contributed by atoms with van der Waals surface area (Å²) < 4.78 is 5.72. The lowest BCUT2D eigenvalue weighted by atomic mass is 10.1. The minimum Gasteiger partial charge on any atom is -0.457 e. The van der Waals surface area contributed by atoms with E-state index < -0.39 is 6.10 Å². The van der Waals surface area contributed by atoms with Gasteiger partial charge in [0.15, 0.2) is 0 Å². The second kappa shape index (κ2) is 5.90. The number of hydrogen-bond acceptors (Lipinski definition) is 3. The highest BCUT2D eigenvalue weighted by molar-refractivity contribution is 7.10. The zero-order valence-electron chi connectivity index (χ0n) is 10.8. The van der Waals surface area contributed by atoms with Gasteiger partial charge in [-0.25, -0.2) is 0 Å². The third-order valence-electron chi connectivity index (χ3n) is 2.99. The van der Waals surface area contributed by atoms with Gasteiger partial charge >= 0.3 is 0 Å². The van der Waals surface area contributed by atoms with Crippen LogP contribution in [0.3, 0.4) is 0 Å². The molecular weight excluding hydrogens is 268 g/mol. The maximum absolute atomic E-state index is 10.2. The second-order valence-electron chi connectivity index (χ2n) is 4.40. The maximum atomic E-state index is 10.2. The fourth-order valence-electron chi connectivity index (χ4n) is 1.95. The van der Waals surface area contributed by atoms with Crippen molar-refractivity contribution >= 4 is 11.3 Å². The van der Waals surface area contributed by atoms with Crippen LogP contribution in [-0.4, -0.2) is 5.11 Å². The zero-order valence-corrected chi connectivity index (χ0v) is 11.6. The summed E-state index contributed by atoms with van der Waals surface area (Å²) in [6.07, 6.45) is -0.569. The Morgan fingerprint density at radius 1 is 0.800 bits per heavy atom. The molecule has 1 heterocycles. The van der Waals surface area contributed by atoms with E-state index in [2.05, 4.69) is 0 Å². The lowest BCUT2D eigenvalue weighted by Crippen LogP contribution is -1.96. The monoisotopic (exact) mass is 282 g/mol. The summed E-state index contributed by atoms with van der Waals surface area (Å²) in [6, 6.07) is 21.0. The molecule has 0 amide bonds. The first-order valence-electron chi connectivity index (χ1n) is 6.37. The summed E-state index contributed by atoms with van der Waals surface area (Å²) >= 11 is 1.55. The molecule has 0 bridgehead atoms. The molecule has 0 saturated heterocycles. The van der Waals surface area contributed by atoms with Crippen molar-refractivity contribution in [1.29, 1.82) is 0 Å². The number of aliphatic hydroxyl groups is 1. The molecule has 1 aromatic heterocycles. The molecule has 1 atom stereocenters. The Morgan fingerprint density at radius 2 is 1.50 bits per heavy atom. The topological polar surface area (TPSA) is 29.5 Å². The Hall–Kier alpha value is -2.10. The average Bonchev–Trinajstić information content (AvgIpc) is 3.03. The number of aliphatic hydroxyl groups excluding tert-OH is 1. The summed E-state index contributed by atoms with van der Waals surface area (Å²) in [7, 11) is 0. The van der Waals surface area contributed by atoms with Crippen LogP contribution in [0.5, 0.6) is 11.5 Å². The third-order valence-corrected chi connectivity index (χ3v) is 3.91. The molecule has 0 aliphatic rings. The highest BCUT2D eigenvalue weighted by atomic mass is 32.1. The minimum absolute atomic E-state index is 0.569. The standard InChI is InChI=1S/C17H14O2S/c18-17(16-7-4-12-20-16)13-8-10-15(11-9-13)19-14-5-2-1-3-6-14/h1-12,17-18H. The van der Waals surface area contributed by atoms with Crippen molar-refractivity contribution in [2.75, 3.05) is 0 Å². The van der Waals surface area contributed by atoms with Gasteiger partial charge in [0.1, 0.15) is 17.6 Å². The van der Waals surface area contributed by atoms with Crippen molar-refractivity contribution in [3.8, 4) is 11.5 Å². The molecule has 0 radical (unpaired) electrons. The molecule has 3 aromatic rings. The van der Waals surface area contributed by atoms with E-state index in [1.807, 2.05) is 72.1 Å². The number of rotatable bonds is 4. The number of para-hydroxylation sites is 1. The lowest BCUT2D eigenvalue weighted by molar-refractivity contribution is 0.224. The van der Waals surface area contributed by atoms with E-state index in [-0.39, 0.29) is 0 Å². The number of ether oxygens (including phenoxy) is 1. The summed E-state index contributed by atoms with van der Waals surface area (Å²) in [6.45, 7) is 0. The van der Waals surface area contributed by atoms with Crippen molar-refractivity contribution in [3.63, 3.8) is 0 Å². The van der Waals surface area contributed by atoms with E-state index in [4.69, 9.17) is 4.74 Å². The van der Waals surface area contributed by atoms with Crippen molar-refractivity contribution in [2.24, 2.45) is 0 Å². The molecule has 3 rings (SSSR count). The van der Waals surface area contributed by atoms with Gasteiger partial charge in [0.05, 0.1) is 0 Å². The van der Waals surface area contributed by atoms with Crippen molar-refractivity contribution in [2.45, 2.75) is 6.10 Å². The molecule has 0 aliphatic heterocycles. The highest BCUT2D eigenvalue weighted by Crippen LogP contribution is 2.28. The van der Waals surface area contributed by atoms with E-state index in [0.29, 0.717) is 0 Å². The van der Waals surface area contributed by atoms with Crippen molar-refractivity contribution < 1.29 is 9.84 Å². The van der Waals surface area contributed by atoms with Gasteiger partial charge in [0.25, 0.3) is 0 Å². The number of benzene rings is 2. The summed E-state index contributed by atoms with van der Waals surface area (Å²) in [4.78, 5) is 0.946. The fourth-order valence-corrected chi connectivity index (χ4v) is 2.69. The third kappa shape index (κ3) is 2.90. The lowest BCUT2D eigenvalue weighted by Gasteiger charge is -2.10.